The van der Waals surface area contributed by atoms with Crippen LogP contribution in [0.1, 0.15) is 20.3 Å². The maximum atomic E-state index is 3.98. The van der Waals surface area contributed by atoms with Crippen molar-refractivity contribution in [3.05, 3.63) is 24.3 Å². The van der Waals surface area contributed by atoms with Crippen LogP contribution in [0.5, 0.6) is 0 Å². The highest BCUT2D eigenvalue weighted by molar-refractivity contribution is 4.94. The summed E-state index contributed by atoms with van der Waals surface area (Å²) in [6, 6.07) is 0. The molecule has 1 aliphatic heterocycles. The van der Waals surface area contributed by atoms with Crippen LogP contribution in [0, 0.1) is 0 Å². The lowest BCUT2D eigenvalue weighted by atomic mass is 10.3. The highest BCUT2D eigenvalue weighted by Gasteiger charge is 2.14. The zero-order valence-corrected chi connectivity index (χ0v) is 10.3. The third kappa shape index (κ3) is 5.14. The second-order valence-electron chi connectivity index (χ2n) is 4.82. The highest BCUT2D eigenvalue weighted by Crippen LogP contribution is 2.06. The first kappa shape index (κ1) is 12.5. The largest absolute Gasteiger partial charge is 0.298 e. The van der Waals surface area contributed by atoms with Crippen molar-refractivity contribution in [2.75, 3.05) is 39.3 Å². The molecule has 0 saturated carbocycles. The molecule has 0 bridgehead atoms. The van der Waals surface area contributed by atoms with Gasteiger partial charge in [0.15, 0.2) is 0 Å². The van der Waals surface area contributed by atoms with Crippen molar-refractivity contribution in [2.45, 2.75) is 20.3 Å². The Hall–Kier alpha value is -0.600. The van der Waals surface area contributed by atoms with Gasteiger partial charge in [0, 0.05) is 26.2 Å². The van der Waals surface area contributed by atoms with Crippen LogP contribution in [0.15, 0.2) is 24.3 Å². The van der Waals surface area contributed by atoms with Gasteiger partial charge in [0.05, 0.1) is 0 Å². The summed E-state index contributed by atoms with van der Waals surface area (Å²) < 4.78 is 0. The van der Waals surface area contributed by atoms with Crippen LogP contribution in [0.2, 0.25) is 0 Å². The summed E-state index contributed by atoms with van der Waals surface area (Å²) in [5.41, 5.74) is 2.53. The summed E-state index contributed by atoms with van der Waals surface area (Å²) in [4.78, 5) is 5.00. The van der Waals surface area contributed by atoms with Crippen molar-refractivity contribution in [3.63, 3.8) is 0 Å². The molecule has 0 aliphatic carbocycles. The second kappa shape index (κ2) is 6.09. The topological polar surface area (TPSA) is 6.48 Å². The molecule has 1 saturated heterocycles. The van der Waals surface area contributed by atoms with Crippen molar-refractivity contribution in [2.24, 2.45) is 0 Å². The van der Waals surface area contributed by atoms with E-state index in [0.717, 1.165) is 13.1 Å². The summed E-state index contributed by atoms with van der Waals surface area (Å²) >= 11 is 0. The van der Waals surface area contributed by atoms with Gasteiger partial charge in [-0.1, -0.05) is 24.3 Å². The molecule has 0 radical (unpaired) electrons. The fourth-order valence-electron chi connectivity index (χ4n) is 2.10. The lowest BCUT2D eigenvalue weighted by Gasteiger charge is -2.21. The standard InChI is InChI=1S/C13H24N2/c1-12(2)10-14-6-5-7-15(9-8-14)11-13(3)4/h1,3,5-11H2,2,4H3. The number of hydrogen-bond donors (Lipinski definition) is 0. The van der Waals surface area contributed by atoms with E-state index in [1.807, 2.05) is 0 Å². The van der Waals surface area contributed by atoms with E-state index in [9.17, 15) is 0 Å². The minimum Gasteiger partial charge on any atom is -0.298 e. The lowest BCUT2D eigenvalue weighted by molar-refractivity contribution is 0.280. The van der Waals surface area contributed by atoms with Gasteiger partial charge in [-0.15, -0.1) is 0 Å². The molecule has 1 fully saturated rings. The molecule has 0 atom stereocenters. The van der Waals surface area contributed by atoms with E-state index in [4.69, 9.17) is 0 Å². The van der Waals surface area contributed by atoms with E-state index in [2.05, 4.69) is 36.8 Å². The SMILES string of the molecule is C=C(C)CN1CCCN(CC(=C)C)CC1. The Labute approximate surface area is 94.3 Å². The van der Waals surface area contributed by atoms with Crippen LogP contribution in [-0.4, -0.2) is 49.1 Å². The van der Waals surface area contributed by atoms with Crippen LogP contribution >= 0.6 is 0 Å². The molecular formula is C13H24N2. The first-order valence-electron chi connectivity index (χ1n) is 5.81. The van der Waals surface area contributed by atoms with Gasteiger partial charge in [0.2, 0.25) is 0 Å². The van der Waals surface area contributed by atoms with Crippen LogP contribution in [0.3, 0.4) is 0 Å². The molecule has 0 aromatic carbocycles. The molecule has 2 heteroatoms. The summed E-state index contributed by atoms with van der Waals surface area (Å²) in [5, 5.41) is 0. The van der Waals surface area contributed by atoms with Crippen LogP contribution < -0.4 is 0 Å². The molecule has 0 amide bonds. The Kier molecular flexibility index (Phi) is 5.06. The molecule has 0 aromatic rings. The van der Waals surface area contributed by atoms with Crippen LogP contribution in [0.25, 0.3) is 0 Å². The zero-order valence-electron chi connectivity index (χ0n) is 10.3. The van der Waals surface area contributed by atoms with Crippen molar-refractivity contribution < 1.29 is 0 Å². The lowest BCUT2D eigenvalue weighted by Crippen LogP contribution is -2.32. The van der Waals surface area contributed by atoms with Crippen molar-refractivity contribution >= 4 is 0 Å². The fourth-order valence-corrected chi connectivity index (χ4v) is 2.10. The number of rotatable bonds is 4. The van der Waals surface area contributed by atoms with Gasteiger partial charge < -0.3 is 0 Å². The van der Waals surface area contributed by atoms with E-state index < -0.39 is 0 Å². The molecule has 1 aliphatic rings. The molecule has 0 spiro atoms. The zero-order chi connectivity index (χ0) is 11.3. The quantitative estimate of drug-likeness (QED) is 0.653. The molecular weight excluding hydrogens is 184 g/mol. The first-order valence-corrected chi connectivity index (χ1v) is 5.81. The summed E-state index contributed by atoms with van der Waals surface area (Å²) in [5.74, 6) is 0. The Morgan fingerprint density at radius 2 is 1.27 bits per heavy atom. The fraction of sp³-hybridized carbons (Fsp3) is 0.692. The Morgan fingerprint density at radius 1 is 0.867 bits per heavy atom. The molecule has 86 valence electrons. The minimum absolute atomic E-state index is 1.06. The summed E-state index contributed by atoms with van der Waals surface area (Å²) in [6.45, 7) is 19.0. The smallest absolute Gasteiger partial charge is 0.0187 e. The molecule has 1 rings (SSSR count). The molecule has 0 unspecified atom stereocenters. The monoisotopic (exact) mass is 208 g/mol. The predicted molar refractivity (Wildman–Crippen MR) is 67.1 cm³/mol. The summed E-state index contributed by atoms with van der Waals surface area (Å²) in [7, 11) is 0. The minimum atomic E-state index is 1.06. The van der Waals surface area contributed by atoms with E-state index in [-0.39, 0.29) is 0 Å². The van der Waals surface area contributed by atoms with Crippen molar-refractivity contribution in [1.29, 1.82) is 0 Å². The van der Waals surface area contributed by atoms with Crippen molar-refractivity contribution in [1.82, 2.24) is 9.80 Å². The van der Waals surface area contributed by atoms with Crippen LogP contribution in [0.4, 0.5) is 0 Å². The second-order valence-corrected chi connectivity index (χ2v) is 4.82. The van der Waals surface area contributed by atoms with E-state index in [1.54, 1.807) is 0 Å². The van der Waals surface area contributed by atoms with Gasteiger partial charge in [-0.2, -0.15) is 0 Å². The van der Waals surface area contributed by atoms with Gasteiger partial charge in [-0.3, -0.25) is 9.80 Å². The normalized spacial score (nSPS) is 19.9. The molecule has 1 heterocycles. The van der Waals surface area contributed by atoms with Gasteiger partial charge >= 0.3 is 0 Å². The Balaban J connectivity index is 2.34. The van der Waals surface area contributed by atoms with E-state index >= 15 is 0 Å². The molecule has 0 aromatic heterocycles. The average Bonchev–Trinajstić information content (AvgIpc) is 2.29. The van der Waals surface area contributed by atoms with Gasteiger partial charge in [0.1, 0.15) is 0 Å². The highest BCUT2D eigenvalue weighted by atomic mass is 15.2. The van der Waals surface area contributed by atoms with E-state index in [1.165, 1.54) is 43.7 Å². The van der Waals surface area contributed by atoms with Crippen molar-refractivity contribution in [3.8, 4) is 0 Å². The third-order valence-corrected chi connectivity index (χ3v) is 2.67. The third-order valence-electron chi connectivity index (χ3n) is 2.67. The number of hydrogen-bond acceptors (Lipinski definition) is 2. The van der Waals surface area contributed by atoms with Gasteiger partial charge in [-0.05, 0) is 33.4 Å². The van der Waals surface area contributed by atoms with Crippen LogP contribution in [-0.2, 0) is 0 Å². The maximum absolute atomic E-state index is 3.98. The summed E-state index contributed by atoms with van der Waals surface area (Å²) in [6.07, 6.45) is 1.26. The Morgan fingerprint density at radius 3 is 1.60 bits per heavy atom. The predicted octanol–water partition coefficient (Wildman–Crippen LogP) is 2.15. The maximum Gasteiger partial charge on any atom is 0.0187 e. The molecule has 0 N–H and O–H groups in total. The van der Waals surface area contributed by atoms with E-state index in [0.29, 0.717) is 0 Å². The first-order chi connectivity index (χ1) is 7.08. The van der Waals surface area contributed by atoms with Gasteiger partial charge in [-0.25, -0.2) is 0 Å². The van der Waals surface area contributed by atoms with Gasteiger partial charge in [0.25, 0.3) is 0 Å². The molecule has 15 heavy (non-hydrogen) atoms. The average molecular weight is 208 g/mol. The Bertz CT molecular complexity index is 209. The number of nitrogens with zero attached hydrogens (tertiary/aromatic N) is 2. The molecule has 2 nitrogen and oxygen atoms in total.